The minimum Gasteiger partial charge on any atom is -0.389 e. The van der Waals surface area contributed by atoms with E-state index in [9.17, 15) is 14.7 Å². The number of thiophene rings is 1. The molecule has 6 nitrogen and oxygen atoms in total. The summed E-state index contributed by atoms with van der Waals surface area (Å²) in [5.41, 5.74) is 0.731. The number of hydrogen-bond acceptors (Lipinski definition) is 5. The van der Waals surface area contributed by atoms with E-state index in [0.717, 1.165) is 33.7 Å². The number of hydrogen-bond donors (Lipinski definition) is 2. The molecule has 0 unspecified atom stereocenters. The Balaban J connectivity index is 1.38. The molecule has 1 aromatic carbocycles. The van der Waals surface area contributed by atoms with Gasteiger partial charge in [-0.05, 0) is 42.3 Å². The Labute approximate surface area is 172 Å². The number of benzene rings is 1. The van der Waals surface area contributed by atoms with Crippen molar-refractivity contribution < 1.29 is 19.4 Å². The van der Waals surface area contributed by atoms with Crippen molar-refractivity contribution in [3.8, 4) is 0 Å². The molecule has 1 spiro atoms. The van der Waals surface area contributed by atoms with E-state index < -0.39 is 17.7 Å². The smallest absolute Gasteiger partial charge is 0.325 e. The molecule has 1 fully saturated rings. The zero-order valence-electron chi connectivity index (χ0n) is 15.2. The molecule has 1 aliphatic carbocycles. The number of ether oxygens (including phenoxy) is 1. The second-order valence-electron chi connectivity index (χ2n) is 7.12. The molecule has 4 rings (SSSR count). The van der Waals surface area contributed by atoms with Gasteiger partial charge in [-0.1, -0.05) is 29.8 Å². The predicted octanol–water partition coefficient (Wildman–Crippen LogP) is 3.06. The Bertz CT molecular complexity index is 902. The van der Waals surface area contributed by atoms with Gasteiger partial charge in [-0.25, -0.2) is 4.79 Å². The number of aliphatic hydroxyl groups excluding tert-OH is 1. The zero-order chi connectivity index (χ0) is 19.7. The number of fused-ring (bicyclic) bond motifs is 2. The number of nitrogens with one attached hydrogen (secondary N) is 1. The number of β-amino-alcohol motifs (C(OH)–C–C–N with tert-alkyl or cyclic N) is 1. The summed E-state index contributed by atoms with van der Waals surface area (Å²) in [6.07, 6.45) is 1.38. The Morgan fingerprint density at radius 2 is 2.14 bits per heavy atom. The third kappa shape index (κ3) is 3.43. The average Bonchev–Trinajstić information content (AvgIpc) is 3.24. The van der Waals surface area contributed by atoms with Crippen LogP contribution in [0.25, 0.3) is 0 Å². The maximum Gasteiger partial charge on any atom is 0.325 e. The topological polar surface area (TPSA) is 78.9 Å². The van der Waals surface area contributed by atoms with Gasteiger partial charge in [0.1, 0.15) is 5.54 Å². The first-order chi connectivity index (χ1) is 13.5. The molecule has 0 saturated carbocycles. The Morgan fingerprint density at radius 3 is 2.96 bits per heavy atom. The number of rotatable bonds is 6. The van der Waals surface area contributed by atoms with E-state index in [-0.39, 0.29) is 25.7 Å². The molecule has 1 aliphatic heterocycles. The van der Waals surface area contributed by atoms with Crippen LogP contribution < -0.4 is 5.32 Å². The number of urea groups is 1. The lowest BCUT2D eigenvalue weighted by atomic mass is 9.80. The van der Waals surface area contributed by atoms with E-state index in [4.69, 9.17) is 16.3 Å². The highest BCUT2D eigenvalue weighted by molar-refractivity contribution is 7.10. The molecule has 2 aliphatic rings. The summed E-state index contributed by atoms with van der Waals surface area (Å²) >= 11 is 7.69. The molecule has 2 N–H and O–H groups in total. The second-order valence-corrected chi connectivity index (χ2v) is 8.53. The van der Waals surface area contributed by atoms with Gasteiger partial charge < -0.3 is 15.2 Å². The van der Waals surface area contributed by atoms with Crippen LogP contribution in [0.4, 0.5) is 4.79 Å². The van der Waals surface area contributed by atoms with Gasteiger partial charge >= 0.3 is 6.03 Å². The van der Waals surface area contributed by atoms with Gasteiger partial charge in [-0.3, -0.25) is 9.69 Å². The molecule has 1 saturated heterocycles. The van der Waals surface area contributed by atoms with E-state index in [1.54, 1.807) is 17.4 Å². The lowest BCUT2D eigenvalue weighted by Gasteiger charge is -2.31. The molecular weight excluding hydrogens is 400 g/mol. The van der Waals surface area contributed by atoms with Gasteiger partial charge in [0, 0.05) is 15.5 Å². The highest BCUT2D eigenvalue weighted by atomic mass is 35.5. The van der Waals surface area contributed by atoms with Crippen molar-refractivity contribution in [1.29, 1.82) is 0 Å². The number of imide groups is 1. The molecule has 2 aromatic rings. The molecule has 0 bridgehead atoms. The van der Waals surface area contributed by atoms with Crippen molar-refractivity contribution in [3.05, 3.63) is 56.7 Å². The summed E-state index contributed by atoms with van der Waals surface area (Å²) in [5.74, 6) is -0.290. The van der Waals surface area contributed by atoms with Crippen LogP contribution >= 0.6 is 22.9 Å². The highest BCUT2D eigenvalue weighted by Gasteiger charge is 2.54. The number of halogens is 1. The number of nitrogens with zero attached hydrogens (tertiary/aromatic N) is 1. The normalized spacial score (nSPS) is 22.4. The van der Waals surface area contributed by atoms with Crippen molar-refractivity contribution in [2.24, 2.45) is 0 Å². The molecule has 28 heavy (non-hydrogen) atoms. The summed E-state index contributed by atoms with van der Waals surface area (Å²) in [6.45, 7) is 0.145. The SMILES string of the molecule is O=C1N[C@]2(CCCc3sccc32)C(=O)N1C[C@@H](O)COCc1ccccc1Cl. The predicted molar refractivity (Wildman–Crippen MR) is 106 cm³/mol. The molecule has 2 atom stereocenters. The third-order valence-electron chi connectivity index (χ3n) is 5.26. The summed E-state index contributed by atoms with van der Waals surface area (Å²) in [7, 11) is 0. The maximum absolute atomic E-state index is 13.1. The van der Waals surface area contributed by atoms with Crippen LogP contribution in [0.1, 0.15) is 28.8 Å². The molecular formula is C20H21ClN2O4S. The van der Waals surface area contributed by atoms with Crippen LogP contribution in [-0.2, 0) is 28.1 Å². The quantitative estimate of drug-likeness (QED) is 0.704. The highest BCUT2D eigenvalue weighted by Crippen LogP contribution is 2.42. The van der Waals surface area contributed by atoms with Crippen molar-refractivity contribution in [2.75, 3.05) is 13.2 Å². The zero-order valence-corrected chi connectivity index (χ0v) is 16.8. The standard InChI is InChI=1S/C20H21ClN2O4S/c21-16-5-2-1-4-13(16)11-27-12-14(24)10-23-18(25)20(22-19(23)26)8-3-6-17-15(20)7-9-28-17/h1-2,4-5,7,9,14,24H,3,6,8,10-12H2,(H,22,26)/t14-,20+/m1/s1. The van der Waals surface area contributed by atoms with Crippen molar-refractivity contribution >= 4 is 34.9 Å². The molecule has 1 aromatic heterocycles. The summed E-state index contributed by atoms with van der Waals surface area (Å²) in [4.78, 5) is 27.9. The van der Waals surface area contributed by atoms with Crippen molar-refractivity contribution in [3.63, 3.8) is 0 Å². The summed E-state index contributed by atoms with van der Waals surface area (Å²) in [6, 6.07) is 8.76. The number of carbonyl (C=O) groups is 2. The van der Waals surface area contributed by atoms with Gasteiger partial charge in [0.2, 0.25) is 0 Å². The fraction of sp³-hybridized carbons (Fsp3) is 0.400. The lowest BCUT2D eigenvalue weighted by Crippen LogP contribution is -2.46. The van der Waals surface area contributed by atoms with Crippen molar-refractivity contribution in [2.45, 2.75) is 37.5 Å². The molecule has 2 heterocycles. The summed E-state index contributed by atoms with van der Waals surface area (Å²) in [5, 5.41) is 15.7. The fourth-order valence-corrected chi connectivity index (χ4v) is 5.08. The van der Waals surface area contributed by atoms with E-state index in [1.807, 2.05) is 29.6 Å². The monoisotopic (exact) mass is 420 g/mol. The molecule has 3 amide bonds. The summed E-state index contributed by atoms with van der Waals surface area (Å²) < 4.78 is 5.52. The van der Waals surface area contributed by atoms with Gasteiger partial charge in [-0.15, -0.1) is 11.3 Å². The first-order valence-electron chi connectivity index (χ1n) is 9.21. The lowest BCUT2D eigenvalue weighted by molar-refractivity contribution is -0.133. The Kier molecular flexibility index (Phi) is 5.42. The number of amides is 3. The van der Waals surface area contributed by atoms with Gasteiger partial charge in [-0.2, -0.15) is 0 Å². The number of aliphatic hydroxyl groups is 1. The number of aryl methyl sites for hydroxylation is 1. The van der Waals surface area contributed by atoms with E-state index in [1.165, 1.54) is 0 Å². The fourth-order valence-electron chi connectivity index (χ4n) is 3.89. The number of carbonyl (C=O) groups excluding carboxylic acids is 2. The van der Waals surface area contributed by atoms with Crippen LogP contribution in [0.2, 0.25) is 5.02 Å². The van der Waals surface area contributed by atoms with Crippen LogP contribution in [0, 0.1) is 0 Å². The first-order valence-corrected chi connectivity index (χ1v) is 10.5. The third-order valence-corrected chi connectivity index (χ3v) is 6.60. The minimum absolute atomic E-state index is 0.00101. The first kappa shape index (κ1) is 19.4. The van der Waals surface area contributed by atoms with Crippen LogP contribution in [0.15, 0.2) is 35.7 Å². The second kappa shape index (κ2) is 7.83. The van der Waals surface area contributed by atoms with Gasteiger partial charge in [0.15, 0.2) is 0 Å². The molecule has 8 heteroatoms. The van der Waals surface area contributed by atoms with Crippen molar-refractivity contribution in [1.82, 2.24) is 10.2 Å². The molecule has 148 valence electrons. The van der Waals surface area contributed by atoms with E-state index in [0.29, 0.717) is 11.4 Å². The van der Waals surface area contributed by atoms with E-state index >= 15 is 0 Å². The minimum atomic E-state index is -0.983. The average molecular weight is 421 g/mol. The van der Waals surface area contributed by atoms with Crippen LogP contribution in [0.5, 0.6) is 0 Å². The maximum atomic E-state index is 13.1. The van der Waals surface area contributed by atoms with Crippen LogP contribution in [-0.4, -0.2) is 41.2 Å². The van der Waals surface area contributed by atoms with E-state index in [2.05, 4.69) is 5.32 Å². The largest absolute Gasteiger partial charge is 0.389 e. The van der Waals surface area contributed by atoms with Crippen LogP contribution in [0.3, 0.4) is 0 Å². The van der Waals surface area contributed by atoms with Gasteiger partial charge in [0.05, 0.1) is 25.9 Å². The van der Waals surface area contributed by atoms with Gasteiger partial charge in [0.25, 0.3) is 5.91 Å². The molecule has 0 radical (unpaired) electrons. The Morgan fingerprint density at radius 1 is 1.32 bits per heavy atom. The Hall–Kier alpha value is -1.93.